The normalized spacial score (nSPS) is 15.9. The van der Waals surface area contributed by atoms with Crippen LogP contribution < -0.4 is 4.90 Å². The Balaban J connectivity index is 2.00. The maximum absolute atomic E-state index is 13.5. The van der Waals surface area contributed by atoms with E-state index in [4.69, 9.17) is 16.3 Å². The van der Waals surface area contributed by atoms with Crippen LogP contribution in [0.25, 0.3) is 0 Å². The summed E-state index contributed by atoms with van der Waals surface area (Å²) in [7, 11) is 1.52. The zero-order chi connectivity index (χ0) is 24.0. The molecule has 0 saturated heterocycles. The summed E-state index contributed by atoms with van der Waals surface area (Å²) in [6, 6.07) is 8.06. The molecule has 0 saturated carbocycles. The molecule has 0 bridgehead atoms. The van der Waals surface area contributed by atoms with Gasteiger partial charge in [-0.15, -0.1) is 0 Å². The average molecular weight is 476 g/mol. The van der Waals surface area contributed by atoms with Crippen molar-refractivity contribution in [2.75, 3.05) is 44.8 Å². The summed E-state index contributed by atoms with van der Waals surface area (Å²) in [5.41, 5.74) is 1.97. The summed E-state index contributed by atoms with van der Waals surface area (Å²) < 4.78 is 6.80. The third-order valence-electron chi connectivity index (χ3n) is 5.96. The number of hydrogen-bond acceptors (Lipinski definition) is 5. The third-order valence-corrected chi connectivity index (χ3v) is 6.23. The topological polar surface area (TPSA) is 70.9 Å². The Morgan fingerprint density at radius 2 is 1.91 bits per heavy atom. The lowest BCUT2D eigenvalue weighted by Crippen LogP contribution is -2.41. The summed E-state index contributed by atoms with van der Waals surface area (Å²) >= 11 is 6.37. The lowest BCUT2D eigenvalue weighted by atomic mass is 10.1. The molecular formula is C24H34ClN5O3. The lowest BCUT2D eigenvalue weighted by Gasteiger charge is -2.29. The minimum absolute atomic E-state index is 0.00886. The van der Waals surface area contributed by atoms with Gasteiger partial charge in [0.15, 0.2) is 5.69 Å². The monoisotopic (exact) mass is 475 g/mol. The van der Waals surface area contributed by atoms with Crippen LogP contribution in [0.1, 0.15) is 43.2 Å². The van der Waals surface area contributed by atoms with E-state index in [0.717, 1.165) is 30.8 Å². The van der Waals surface area contributed by atoms with Crippen molar-refractivity contribution in [3.63, 3.8) is 0 Å². The second-order valence-corrected chi connectivity index (χ2v) is 8.91. The molecule has 0 unspecified atom stereocenters. The number of para-hydroxylation sites is 1. The van der Waals surface area contributed by atoms with Crippen LogP contribution in [-0.4, -0.2) is 77.3 Å². The molecule has 0 fully saturated rings. The zero-order valence-corrected chi connectivity index (χ0v) is 20.7. The van der Waals surface area contributed by atoms with Gasteiger partial charge in [-0.05, 0) is 38.8 Å². The van der Waals surface area contributed by atoms with Gasteiger partial charge in [0.05, 0.1) is 5.02 Å². The molecule has 2 amide bonds. The summed E-state index contributed by atoms with van der Waals surface area (Å²) in [6.07, 6.45) is 2.50. The van der Waals surface area contributed by atoms with Gasteiger partial charge in [0.25, 0.3) is 11.8 Å². The number of amides is 2. The highest BCUT2D eigenvalue weighted by Gasteiger charge is 2.27. The number of anilines is 1. The minimum atomic E-state index is -0.209. The summed E-state index contributed by atoms with van der Waals surface area (Å²) in [6.45, 7) is 9.91. The maximum atomic E-state index is 13.5. The van der Waals surface area contributed by atoms with Crippen molar-refractivity contribution >= 4 is 29.1 Å². The molecule has 33 heavy (non-hydrogen) atoms. The average Bonchev–Trinajstić information content (AvgIpc) is 3.16. The van der Waals surface area contributed by atoms with E-state index in [2.05, 4.69) is 23.8 Å². The van der Waals surface area contributed by atoms with Crippen LogP contribution in [0.15, 0.2) is 30.5 Å². The molecule has 180 valence electrons. The lowest BCUT2D eigenvalue weighted by molar-refractivity contribution is -0.122. The predicted octanol–water partition coefficient (Wildman–Crippen LogP) is 3.29. The first-order valence-electron chi connectivity index (χ1n) is 11.5. The van der Waals surface area contributed by atoms with Crippen molar-refractivity contribution in [2.45, 2.75) is 46.3 Å². The Bertz CT molecular complexity index is 961. The number of benzene rings is 1. The second-order valence-electron chi connectivity index (χ2n) is 8.50. The fraction of sp³-hybridized carbons (Fsp3) is 0.542. The Hall–Kier alpha value is -2.42. The van der Waals surface area contributed by atoms with Crippen molar-refractivity contribution < 1.29 is 14.3 Å². The van der Waals surface area contributed by atoms with E-state index in [-0.39, 0.29) is 24.1 Å². The second kappa shape index (κ2) is 11.6. The molecule has 2 aromatic rings. The van der Waals surface area contributed by atoms with E-state index in [1.54, 1.807) is 20.7 Å². The van der Waals surface area contributed by atoms with Crippen molar-refractivity contribution in [2.24, 2.45) is 0 Å². The Morgan fingerprint density at radius 1 is 1.15 bits per heavy atom. The number of fused-ring (bicyclic) bond motifs is 1. The third kappa shape index (κ3) is 6.13. The van der Waals surface area contributed by atoms with E-state index in [1.165, 1.54) is 7.11 Å². The number of carbonyl (C=O) groups is 2. The van der Waals surface area contributed by atoms with Gasteiger partial charge in [-0.3, -0.25) is 19.2 Å². The molecule has 0 radical (unpaired) electrons. The van der Waals surface area contributed by atoms with E-state index in [1.807, 2.05) is 31.2 Å². The van der Waals surface area contributed by atoms with Gasteiger partial charge in [-0.1, -0.05) is 29.8 Å². The van der Waals surface area contributed by atoms with Gasteiger partial charge >= 0.3 is 0 Å². The smallest absolute Gasteiger partial charge is 0.276 e. The van der Waals surface area contributed by atoms with E-state index in [9.17, 15) is 9.59 Å². The molecule has 1 aromatic carbocycles. The number of nitrogens with zero attached hydrogens (tertiary/aromatic N) is 5. The van der Waals surface area contributed by atoms with Crippen molar-refractivity contribution in [1.82, 2.24) is 19.6 Å². The Morgan fingerprint density at radius 3 is 2.58 bits per heavy atom. The first-order valence-corrected chi connectivity index (χ1v) is 11.9. The molecule has 2 heterocycles. The Kier molecular flexibility index (Phi) is 8.88. The number of aryl methyl sites for hydroxylation is 1. The number of rotatable bonds is 5. The predicted molar refractivity (Wildman–Crippen MR) is 130 cm³/mol. The van der Waals surface area contributed by atoms with E-state index in [0.29, 0.717) is 37.2 Å². The molecule has 0 atom stereocenters. The molecule has 3 rings (SSSR count). The van der Waals surface area contributed by atoms with Gasteiger partial charge in [0.1, 0.15) is 6.61 Å². The zero-order valence-electron chi connectivity index (χ0n) is 20.0. The van der Waals surface area contributed by atoms with Crippen molar-refractivity contribution in [1.29, 1.82) is 0 Å². The van der Waals surface area contributed by atoms with Crippen LogP contribution in [0.3, 0.4) is 0 Å². The SMILES string of the molecule is CCn1cc(Cl)c(C(=O)N2CCN(C(C)C)CCCN(C(=O)COC)c3ccccc3C2)n1. The number of carbonyl (C=O) groups excluding carboxylic acids is 2. The highest BCUT2D eigenvalue weighted by atomic mass is 35.5. The molecule has 0 N–H and O–H groups in total. The van der Waals surface area contributed by atoms with Gasteiger partial charge in [-0.2, -0.15) is 5.10 Å². The van der Waals surface area contributed by atoms with Crippen molar-refractivity contribution in [3.8, 4) is 0 Å². The largest absolute Gasteiger partial charge is 0.375 e. The number of ether oxygens (including phenoxy) is 1. The molecule has 1 aliphatic rings. The first kappa shape index (κ1) is 25.2. The number of aromatic nitrogens is 2. The number of methoxy groups -OCH3 is 1. The first-order chi connectivity index (χ1) is 15.8. The molecule has 1 aromatic heterocycles. The minimum Gasteiger partial charge on any atom is -0.375 e. The van der Waals surface area contributed by atoms with Gasteiger partial charge < -0.3 is 14.5 Å². The molecule has 1 aliphatic heterocycles. The molecule has 0 aliphatic carbocycles. The highest BCUT2D eigenvalue weighted by Crippen LogP contribution is 2.25. The standard InChI is InChI=1S/C24H34ClN5O3/c1-5-29-16-20(25)23(26-29)24(32)28-14-13-27(18(2)3)11-8-12-30(22(31)17-33-4)21-10-7-6-9-19(21)15-28/h6-7,9-10,16,18H,5,8,11-15,17H2,1-4H3. The van der Waals surface area contributed by atoms with E-state index < -0.39 is 0 Å². The summed E-state index contributed by atoms with van der Waals surface area (Å²) in [5, 5.41) is 4.74. The molecular weight excluding hydrogens is 442 g/mol. The summed E-state index contributed by atoms with van der Waals surface area (Å²) in [5.74, 6) is -0.303. The number of hydrogen-bond donors (Lipinski definition) is 0. The maximum Gasteiger partial charge on any atom is 0.276 e. The van der Waals surface area contributed by atoms with Crippen LogP contribution >= 0.6 is 11.6 Å². The number of halogens is 1. The van der Waals surface area contributed by atoms with Crippen LogP contribution in [0.4, 0.5) is 5.69 Å². The van der Waals surface area contributed by atoms with Crippen LogP contribution in [0, 0.1) is 0 Å². The molecule has 9 heteroatoms. The summed E-state index contributed by atoms with van der Waals surface area (Å²) in [4.78, 5) is 32.4. The van der Waals surface area contributed by atoms with Crippen molar-refractivity contribution in [3.05, 3.63) is 46.7 Å². The van der Waals surface area contributed by atoms with Crippen LogP contribution in [0.5, 0.6) is 0 Å². The molecule has 0 spiro atoms. The molecule has 8 nitrogen and oxygen atoms in total. The Labute approximate surface area is 201 Å². The van der Waals surface area contributed by atoms with Crippen LogP contribution in [-0.2, 0) is 22.6 Å². The van der Waals surface area contributed by atoms with E-state index >= 15 is 0 Å². The van der Waals surface area contributed by atoms with Gasteiger partial charge in [0.2, 0.25) is 0 Å². The van der Waals surface area contributed by atoms with Crippen LogP contribution in [0.2, 0.25) is 5.02 Å². The highest BCUT2D eigenvalue weighted by molar-refractivity contribution is 6.33. The van der Waals surface area contributed by atoms with Gasteiger partial charge in [-0.25, -0.2) is 0 Å². The fourth-order valence-corrected chi connectivity index (χ4v) is 4.34. The quantitative estimate of drug-likeness (QED) is 0.663. The fourth-order valence-electron chi connectivity index (χ4n) is 4.11. The van der Waals surface area contributed by atoms with Gasteiger partial charge in [0, 0.05) is 64.3 Å².